The van der Waals surface area contributed by atoms with Crippen LogP contribution in [0.25, 0.3) is 0 Å². The molecular weight excluding hydrogens is 292 g/mol. The number of hydrogen-bond acceptors (Lipinski definition) is 1. The van der Waals surface area contributed by atoms with Gasteiger partial charge >= 0.3 is 0 Å². The predicted octanol–water partition coefficient (Wildman–Crippen LogP) is 5.89. The van der Waals surface area contributed by atoms with Crippen molar-refractivity contribution in [2.45, 2.75) is 85.2 Å². The van der Waals surface area contributed by atoms with E-state index in [1.54, 1.807) is 5.57 Å². The van der Waals surface area contributed by atoms with Gasteiger partial charge in [0, 0.05) is 0 Å². The van der Waals surface area contributed by atoms with Crippen LogP contribution in [0.1, 0.15) is 79.1 Å². The van der Waals surface area contributed by atoms with E-state index in [2.05, 4.69) is 39.8 Å². The summed E-state index contributed by atoms with van der Waals surface area (Å²) < 4.78 is 0. The van der Waals surface area contributed by atoms with Crippen molar-refractivity contribution in [1.82, 2.24) is 0 Å². The maximum Gasteiger partial charge on any atom is 0.0578 e. The van der Waals surface area contributed by atoms with Gasteiger partial charge in [0.1, 0.15) is 0 Å². The minimum Gasteiger partial charge on any atom is -0.393 e. The Morgan fingerprint density at radius 3 is 2.62 bits per heavy atom. The van der Waals surface area contributed by atoms with Gasteiger partial charge in [-0.3, -0.25) is 0 Å². The fraction of sp³-hybridized carbons (Fsp3) is 0.826. The van der Waals surface area contributed by atoms with Crippen LogP contribution in [-0.4, -0.2) is 11.2 Å². The highest BCUT2D eigenvalue weighted by Gasteiger charge is 2.56. The Labute approximate surface area is 148 Å². The minimum atomic E-state index is -0.102. The molecule has 0 bridgehead atoms. The molecule has 0 aromatic carbocycles. The van der Waals surface area contributed by atoms with E-state index in [-0.39, 0.29) is 6.10 Å². The molecule has 0 aliphatic heterocycles. The van der Waals surface area contributed by atoms with Gasteiger partial charge in [0.05, 0.1) is 6.10 Å². The van der Waals surface area contributed by atoms with Crippen LogP contribution in [0.4, 0.5) is 0 Å². The Bertz CT molecular complexity index is 573. The zero-order chi connectivity index (χ0) is 17.1. The van der Waals surface area contributed by atoms with Crippen molar-refractivity contribution in [3.05, 3.63) is 23.3 Å². The zero-order valence-electron chi connectivity index (χ0n) is 16.1. The molecule has 1 nitrogen and oxygen atoms in total. The van der Waals surface area contributed by atoms with Gasteiger partial charge in [-0.2, -0.15) is 0 Å². The molecule has 0 saturated heterocycles. The van der Waals surface area contributed by atoms with Gasteiger partial charge in [-0.1, -0.05) is 57.4 Å². The molecule has 0 amide bonds. The van der Waals surface area contributed by atoms with E-state index in [1.807, 2.05) is 0 Å². The largest absolute Gasteiger partial charge is 0.393 e. The highest BCUT2D eigenvalue weighted by atomic mass is 16.3. The Hall–Kier alpha value is -0.560. The molecule has 0 spiro atoms. The molecule has 4 aliphatic carbocycles. The number of hydrogen-bond donors (Lipinski definition) is 1. The van der Waals surface area contributed by atoms with Crippen LogP contribution in [0.5, 0.6) is 0 Å². The van der Waals surface area contributed by atoms with Crippen LogP contribution < -0.4 is 0 Å². The molecular formula is C23H36O. The summed E-state index contributed by atoms with van der Waals surface area (Å²) in [5.41, 5.74) is 4.19. The van der Waals surface area contributed by atoms with Crippen LogP contribution in [0.2, 0.25) is 0 Å². The van der Waals surface area contributed by atoms with E-state index < -0.39 is 0 Å². The molecule has 4 rings (SSSR count). The lowest BCUT2D eigenvalue weighted by Gasteiger charge is -2.55. The van der Waals surface area contributed by atoms with Crippen molar-refractivity contribution in [3.63, 3.8) is 0 Å². The molecule has 7 atom stereocenters. The average molecular weight is 329 g/mol. The summed E-state index contributed by atoms with van der Waals surface area (Å²) in [7, 11) is 0. The molecule has 0 heterocycles. The third kappa shape index (κ3) is 2.23. The SMILES string of the molecule is CC[C@@H](C)[C@H]1CC[C@H]2C3=CC=C4C[C@@H](O)CC[C@]4(C)[C@H]3CC[C@]12C. The van der Waals surface area contributed by atoms with E-state index >= 15 is 0 Å². The number of allylic oxidation sites excluding steroid dienone is 3. The second-order valence-electron chi connectivity index (χ2n) is 9.89. The fourth-order valence-electron chi connectivity index (χ4n) is 7.24. The Morgan fingerprint density at radius 2 is 1.88 bits per heavy atom. The lowest BCUT2D eigenvalue weighted by Crippen LogP contribution is -2.46. The van der Waals surface area contributed by atoms with Crippen LogP contribution in [0, 0.1) is 34.5 Å². The molecule has 1 heteroatoms. The van der Waals surface area contributed by atoms with E-state index in [0.29, 0.717) is 10.8 Å². The first-order valence-electron chi connectivity index (χ1n) is 10.5. The summed E-state index contributed by atoms with van der Waals surface area (Å²) in [6.45, 7) is 9.98. The molecule has 4 aliphatic rings. The van der Waals surface area contributed by atoms with E-state index in [0.717, 1.165) is 36.5 Å². The second-order valence-corrected chi connectivity index (χ2v) is 9.89. The molecule has 0 unspecified atom stereocenters. The quantitative estimate of drug-likeness (QED) is 0.670. The molecule has 0 aromatic heterocycles. The number of fused-ring (bicyclic) bond motifs is 5. The Kier molecular flexibility index (Phi) is 4.03. The monoisotopic (exact) mass is 328 g/mol. The number of aliphatic hydroxyl groups excluding tert-OH is 1. The van der Waals surface area contributed by atoms with Crippen molar-refractivity contribution in [1.29, 1.82) is 0 Å². The van der Waals surface area contributed by atoms with Gasteiger partial charge < -0.3 is 5.11 Å². The minimum absolute atomic E-state index is 0.102. The standard InChI is InChI=1S/C23H36O/c1-5-15(2)19-8-9-20-18-7-6-16-14-17(24)10-12-22(16,3)21(18)11-13-23(19,20)4/h6-7,15,17,19-21,24H,5,8-14H2,1-4H3/t15-,17+,19-,20+,21+,22+,23-/m1/s1. The number of aliphatic hydroxyl groups is 1. The summed E-state index contributed by atoms with van der Waals surface area (Å²) >= 11 is 0. The Balaban J connectivity index is 1.68. The summed E-state index contributed by atoms with van der Waals surface area (Å²) in [5.74, 6) is 3.35. The highest BCUT2D eigenvalue weighted by Crippen LogP contribution is 2.66. The second kappa shape index (κ2) is 5.73. The highest BCUT2D eigenvalue weighted by molar-refractivity contribution is 5.38. The van der Waals surface area contributed by atoms with Gasteiger partial charge in [0.2, 0.25) is 0 Å². The van der Waals surface area contributed by atoms with Gasteiger partial charge in [0.25, 0.3) is 0 Å². The smallest absolute Gasteiger partial charge is 0.0578 e. The molecule has 3 fully saturated rings. The van der Waals surface area contributed by atoms with Crippen molar-refractivity contribution < 1.29 is 5.11 Å². The third-order valence-corrected chi connectivity index (χ3v) is 8.95. The lowest BCUT2D eigenvalue weighted by atomic mass is 9.50. The van der Waals surface area contributed by atoms with E-state index in [1.165, 1.54) is 44.1 Å². The fourth-order valence-corrected chi connectivity index (χ4v) is 7.24. The van der Waals surface area contributed by atoms with Crippen molar-refractivity contribution >= 4 is 0 Å². The average Bonchev–Trinajstić information content (AvgIpc) is 2.92. The lowest BCUT2D eigenvalue weighted by molar-refractivity contribution is 0.0332. The van der Waals surface area contributed by atoms with Gasteiger partial charge in [0.15, 0.2) is 0 Å². The first-order valence-corrected chi connectivity index (χ1v) is 10.5. The van der Waals surface area contributed by atoms with Crippen LogP contribution in [-0.2, 0) is 0 Å². The van der Waals surface area contributed by atoms with Gasteiger partial charge in [-0.15, -0.1) is 0 Å². The summed E-state index contributed by atoms with van der Waals surface area (Å²) in [6.07, 6.45) is 14.9. The Morgan fingerprint density at radius 1 is 1.08 bits per heavy atom. The van der Waals surface area contributed by atoms with Crippen LogP contribution >= 0.6 is 0 Å². The van der Waals surface area contributed by atoms with Gasteiger partial charge in [-0.25, -0.2) is 0 Å². The molecule has 1 N–H and O–H groups in total. The van der Waals surface area contributed by atoms with Crippen molar-refractivity contribution in [3.8, 4) is 0 Å². The first kappa shape index (κ1) is 16.9. The van der Waals surface area contributed by atoms with Gasteiger partial charge in [-0.05, 0) is 79.4 Å². The van der Waals surface area contributed by atoms with Crippen molar-refractivity contribution in [2.24, 2.45) is 34.5 Å². The normalized spacial score (nSPS) is 48.7. The molecule has 134 valence electrons. The first-order chi connectivity index (χ1) is 11.4. The molecule has 0 radical (unpaired) electrons. The number of rotatable bonds is 2. The predicted molar refractivity (Wildman–Crippen MR) is 101 cm³/mol. The topological polar surface area (TPSA) is 20.2 Å². The van der Waals surface area contributed by atoms with E-state index in [4.69, 9.17) is 0 Å². The third-order valence-electron chi connectivity index (χ3n) is 8.95. The van der Waals surface area contributed by atoms with E-state index in [9.17, 15) is 5.11 Å². The van der Waals surface area contributed by atoms with Crippen molar-refractivity contribution in [2.75, 3.05) is 0 Å². The summed E-state index contributed by atoms with van der Waals surface area (Å²) in [4.78, 5) is 0. The molecule has 24 heavy (non-hydrogen) atoms. The van der Waals surface area contributed by atoms with Crippen LogP contribution in [0.15, 0.2) is 23.3 Å². The molecule has 0 aromatic rings. The zero-order valence-corrected chi connectivity index (χ0v) is 16.1. The summed E-state index contributed by atoms with van der Waals surface area (Å²) in [5, 5.41) is 10.1. The maximum atomic E-state index is 10.1. The summed E-state index contributed by atoms with van der Waals surface area (Å²) in [6, 6.07) is 0. The van der Waals surface area contributed by atoms with Crippen LogP contribution in [0.3, 0.4) is 0 Å². The maximum absolute atomic E-state index is 10.1. The molecule has 3 saturated carbocycles.